The normalized spacial score (nSPS) is 13.8. The molecular weight excluding hydrogens is 234 g/mol. The van der Waals surface area contributed by atoms with Crippen molar-refractivity contribution < 1.29 is 0 Å². The minimum atomic E-state index is 0.225. The maximum Gasteiger partial charge on any atom is 0.116 e. The van der Waals surface area contributed by atoms with Crippen molar-refractivity contribution in [3.05, 3.63) is 54.2 Å². The fraction of sp³-hybridized carbons (Fsp3) is 0.375. The van der Waals surface area contributed by atoms with Crippen molar-refractivity contribution in [2.75, 3.05) is 7.05 Å². The van der Waals surface area contributed by atoms with Gasteiger partial charge in [-0.1, -0.05) is 31.7 Å². The van der Waals surface area contributed by atoms with Crippen molar-refractivity contribution >= 4 is 5.57 Å². The van der Waals surface area contributed by atoms with Crippen LogP contribution in [0.15, 0.2) is 42.9 Å². The van der Waals surface area contributed by atoms with Gasteiger partial charge >= 0.3 is 0 Å². The SMILES string of the molecule is C=C(/C(=C/C=C\C)C(C)NC)c1ncncc1CC. The van der Waals surface area contributed by atoms with Gasteiger partial charge < -0.3 is 5.32 Å². The molecule has 3 heteroatoms. The number of aryl methyl sites for hydroxylation is 1. The van der Waals surface area contributed by atoms with E-state index >= 15 is 0 Å². The first-order chi connectivity index (χ1) is 9.15. The van der Waals surface area contributed by atoms with Crippen LogP contribution in [0, 0.1) is 0 Å². The quantitative estimate of drug-likeness (QED) is 0.795. The first kappa shape index (κ1) is 15.3. The maximum atomic E-state index is 4.39. The number of hydrogen-bond acceptors (Lipinski definition) is 3. The number of rotatable bonds is 6. The van der Waals surface area contributed by atoms with E-state index in [9.17, 15) is 0 Å². The van der Waals surface area contributed by atoms with Crippen LogP contribution in [0.5, 0.6) is 0 Å². The Kier molecular flexibility index (Phi) is 6.16. The summed E-state index contributed by atoms with van der Waals surface area (Å²) in [5, 5.41) is 3.26. The summed E-state index contributed by atoms with van der Waals surface area (Å²) in [4.78, 5) is 8.48. The lowest BCUT2D eigenvalue weighted by atomic mass is 9.94. The largest absolute Gasteiger partial charge is 0.313 e. The second kappa shape index (κ2) is 7.64. The molecular formula is C16H23N3. The van der Waals surface area contributed by atoms with Crippen LogP contribution < -0.4 is 5.32 Å². The Bertz CT molecular complexity index is 487. The summed E-state index contributed by atoms with van der Waals surface area (Å²) in [6.45, 7) is 10.4. The van der Waals surface area contributed by atoms with E-state index in [2.05, 4.69) is 41.8 Å². The van der Waals surface area contributed by atoms with Gasteiger partial charge in [-0.3, -0.25) is 0 Å². The second-order valence-electron chi connectivity index (χ2n) is 4.39. The molecule has 0 aliphatic carbocycles. The molecule has 102 valence electrons. The molecule has 1 aromatic heterocycles. The summed E-state index contributed by atoms with van der Waals surface area (Å²) in [6.07, 6.45) is 10.5. The van der Waals surface area contributed by atoms with Crippen LogP contribution in [0.25, 0.3) is 5.57 Å². The van der Waals surface area contributed by atoms with Crippen molar-refractivity contribution in [3.63, 3.8) is 0 Å². The van der Waals surface area contributed by atoms with Gasteiger partial charge in [0.05, 0.1) is 5.69 Å². The second-order valence-corrected chi connectivity index (χ2v) is 4.39. The smallest absolute Gasteiger partial charge is 0.116 e. The molecule has 0 radical (unpaired) electrons. The van der Waals surface area contributed by atoms with E-state index < -0.39 is 0 Å². The third-order valence-corrected chi connectivity index (χ3v) is 3.17. The van der Waals surface area contributed by atoms with Gasteiger partial charge in [0.1, 0.15) is 6.33 Å². The molecule has 0 aliphatic rings. The molecule has 0 saturated heterocycles. The van der Waals surface area contributed by atoms with E-state index in [-0.39, 0.29) is 6.04 Å². The zero-order valence-corrected chi connectivity index (χ0v) is 12.3. The topological polar surface area (TPSA) is 37.8 Å². The van der Waals surface area contributed by atoms with Crippen molar-refractivity contribution in [2.24, 2.45) is 0 Å². The zero-order valence-electron chi connectivity index (χ0n) is 12.3. The molecule has 0 fully saturated rings. The number of nitrogens with one attached hydrogen (secondary N) is 1. The lowest BCUT2D eigenvalue weighted by molar-refractivity contribution is 0.708. The molecule has 19 heavy (non-hydrogen) atoms. The zero-order chi connectivity index (χ0) is 14.3. The Balaban J connectivity index is 3.19. The Labute approximate surface area is 116 Å². The van der Waals surface area contributed by atoms with Gasteiger partial charge in [-0.2, -0.15) is 0 Å². The van der Waals surface area contributed by atoms with Gasteiger partial charge in [-0.05, 0) is 44.0 Å². The number of allylic oxidation sites excluding steroid dienone is 3. The van der Waals surface area contributed by atoms with Gasteiger partial charge in [0.25, 0.3) is 0 Å². The maximum absolute atomic E-state index is 4.39. The monoisotopic (exact) mass is 257 g/mol. The molecule has 0 aromatic carbocycles. The average molecular weight is 257 g/mol. The molecule has 1 atom stereocenters. The Hall–Kier alpha value is -1.74. The summed E-state index contributed by atoms with van der Waals surface area (Å²) >= 11 is 0. The summed E-state index contributed by atoms with van der Waals surface area (Å²) < 4.78 is 0. The molecule has 0 spiro atoms. The fourth-order valence-electron chi connectivity index (χ4n) is 1.89. The summed E-state index contributed by atoms with van der Waals surface area (Å²) in [7, 11) is 1.95. The summed E-state index contributed by atoms with van der Waals surface area (Å²) in [5.41, 5.74) is 4.17. The molecule has 1 aromatic rings. The van der Waals surface area contributed by atoms with Crippen LogP contribution in [-0.2, 0) is 6.42 Å². The molecule has 3 nitrogen and oxygen atoms in total. The number of hydrogen-bond donors (Lipinski definition) is 1. The van der Waals surface area contributed by atoms with E-state index in [1.54, 1.807) is 6.33 Å². The molecule has 0 aliphatic heterocycles. The Morgan fingerprint density at radius 2 is 2.26 bits per heavy atom. The van der Waals surface area contributed by atoms with E-state index in [1.807, 2.05) is 32.3 Å². The number of nitrogens with zero attached hydrogens (tertiary/aromatic N) is 2. The molecule has 1 N–H and O–H groups in total. The highest BCUT2D eigenvalue weighted by Crippen LogP contribution is 2.25. The highest BCUT2D eigenvalue weighted by Gasteiger charge is 2.14. The van der Waals surface area contributed by atoms with E-state index in [4.69, 9.17) is 0 Å². The van der Waals surface area contributed by atoms with Crippen LogP contribution in [0.1, 0.15) is 32.0 Å². The molecule has 0 bridgehead atoms. The third-order valence-electron chi connectivity index (χ3n) is 3.17. The molecule has 0 amide bonds. The first-order valence-corrected chi connectivity index (χ1v) is 6.64. The highest BCUT2D eigenvalue weighted by molar-refractivity contribution is 5.78. The van der Waals surface area contributed by atoms with Gasteiger partial charge in [0.2, 0.25) is 0 Å². The average Bonchev–Trinajstić information content (AvgIpc) is 2.46. The van der Waals surface area contributed by atoms with E-state index in [0.29, 0.717) is 0 Å². The van der Waals surface area contributed by atoms with Crippen LogP contribution in [-0.4, -0.2) is 23.1 Å². The standard InChI is InChI=1S/C16H23N3/c1-6-8-9-15(13(4)17-5)12(3)16-14(7-2)10-18-11-19-16/h6,8-11,13,17H,3,7H2,1-2,4-5H3/b8-6-,15-9-. The van der Waals surface area contributed by atoms with Crippen molar-refractivity contribution in [1.82, 2.24) is 15.3 Å². The van der Waals surface area contributed by atoms with Gasteiger partial charge in [-0.25, -0.2) is 9.97 Å². The van der Waals surface area contributed by atoms with Crippen LogP contribution in [0.2, 0.25) is 0 Å². The number of likely N-dealkylation sites (N-methyl/N-ethyl adjacent to an activating group) is 1. The van der Waals surface area contributed by atoms with Gasteiger partial charge in [-0.15, -0.1) is 0 Å². The lowest BCUT2D eigenvalue weighted by Gasteiger charge is -2.18. The minimum absolute atomic E-state index is 0.225. The summed E-state index contributed by atoms with van der Waals surface area (Å²) in [5.74, 6) is 0. The van der Waals surface area contributed by atoms with Crippen molar-refractivity contribution in [2.45, 2.75) is 33.2 Å². The Morgan fingerprint density at radius 3 is 2.84 bits per heavy atom. The first-order valence-electron chi connectivity index (χ1n) is 6.64. The Morgan fingerprint density at radius 1 is 1.53 bits per heavy atom. The highest BCUT2D eigenvalue weighted by atomic mass is 14.9. The van der Waals surface area contributed by atoms with Gasteiger partial charge in [0.15, 0.2) is 0 Å². The lowest BCUT2D eigenvalue weighted by Crippen LogP contribution is -2.24. The predicted molar refractivity (Wildman–Crippen MR) is 81.9 cm³/mol. The number of aromatic nitrogens is 2. The van der Waals surface area contributed by atoms with Crippen molar-refractivity contribution in [3.8, 4) is 0 Å². The minimum Gasteiger partial charge on any atom is -0.313 e. The molecule has 1 rings (SSSR count). The van der Waals surface area contributed by atoms with Crippen LogP contribution in [0.3, 0.4) is 0 Å². The fourth-order valence-corrected chi connectivity index (χ4v) is 1.89. The predicted octanol–water partition coefficient (Wildman–Crippen LogP) is 3.16. The third kappa shape index (κ3) is 3.86. The van der Waals surface area contributed by atoms with E-state index in [1.165, 1.54) is 0 Å². The van der Waals surface area contributed by atoms with E-state index in [0.717, 1.165) is 28.8 Å². The summed E-state index contributed by atoms with van der Waals surface area (Å²) in [6, 6.07) is 0.225. The van der Waals surface area contributed by atoms with Crippen molar-refractivity contribution in [1.29, 1.82) is 0 Å². The van der Waals surface area contributed by atoms with Crippen LogP contribution in [0.4, 0.5) is 0 Å². The molecule has 1 unspecified atom stereocenters. The van der Waals surface area contributed by atoms with Gasteiger partial charge in [0, 0.05) is 12.2 Å². The molecule has 0 saturated carbocycles. The van der Waals surface area contributed by atoms with Crippen LogP contribution >= 0.6 is 0 Å². The molecule has 1 heterocycles.